The minimum Gasteiger partial charge on any atom is -0.481 e. The molecule has 102 valence electrons. The monoisotopic (exact) mass is 265 g/mol. The molecule has 1 aliphatic carbocycles. The third-order valence-corrected chi connectivity index (χ3v) is 3.78. The molecule has 2 rings (SSSR count). The van der Waals surface area contributed by atoms with E-state index < -0.39 is 17.2 Å². The van der Waals surface area contributed by atoms with E-state index in [2.05, 4.69) is 5.32 Å². The fourth-order valence-electron chi connectivity index (χ4n) is 2.30. The molecule has 1 aliphatic rings. The highest BCUT2D eigenvalue weighted by Gasteiger charge is 2.44. The summed E-state index contributed by atoms with van der Waals surface area (Å²) in [5, 5.41) is 11.8. The number of carbonyl (C=O) groups is 2. The predicted octanol–water partition coefficient (Wildman–Crippen LogP) is 2.12. The molecule has 1 aromatic rings. The number of amides is 1. The van der Waals surface area contributed by atoms with Crippen LogP contribution in [0.2, 0.25) is 0 Å². The van der Waals surface area contributed by atoms with Crippen LogP contribution >= 0.6 is 0 Å². The van der Waals surface area contributed by atoms with Crippen LogP contribution in [0.5, 0.6) is 0 Å². The molecule has 0 aromatic heterocycles. The molecule has 1 fully saturated rings. The molecule has 0 atom stereocenters. The van der Waals surface area contributed by atoms with Crippen LogP contribution in [0, 0.1) is 18.2 Å². The summed E-state index contributed by atoms with van der Waals surface area (Å²) in [5.74, 6) is -1.62. The maximum Gasteiger partial charge on any atom is 0.311 e. The lowest BCUT2D eigenvalue weighted by Crippen LogP contribution is -2.47. The molecule has 0 bridgehead atoms. The predicted molar refractivity (Wildman–Crippen MR) is 67.4 cm³/mol. The molecule has 0 aliphatic heterocycles. The first-order valence-electron chi connectivity index (χ1n) is 6.22. The van der Waals surface area contributed by atoms with E-state index in [0.717, 1.165) is 6.42 Å². The number of nitrogens with one attached hydrogen (secondary N) is 1. The van der Waals surface area contributed by atoms with Crippen molar-refractivity contribution < 1.29 is 19.1 Å². The van der Waals surface area contributed by atoms with Gasteiger partial charge < -0.3 is 10.4 Å². The molecule has 0 spiro atoms. The summed E-state index contributed by atoms with van der Waals surface area (Å²) in [6.45, 7) is 1.77. The summed E-state index contributed by atoms with van der Waals surface area (Å²) in [6.07, 6.45) is 2.05. The second-order valence-electron chi connectivity index (χ2n) is 5.08. The molecule has 0 heterocycles. The van der Waals surface area contributed by atoms with Gasteiger partial charge in [0.2, 0.25) is 0 Å². The third kappa shape index (κ3) is 2.59. The Hall–Kier alpha value is -1.91. The van der Waals surface area contributed by atoms with Gasteiger partial charge in [-0.1, -0.05) is 6.42 Å². The molecular weight excluding hydrogens is 249 g/mol. The van der Waals surface area contributed by atoms with E-state index in [1.54, 1.807) is 6.92 Å². The average molecular weight is 265 g/mol. The van der Waals surface area contributed by atoms with Crippen molar-refractivity contribution in [3.05, 3.63) is 35.1 Å². The number of carboxylic acids is 1. The maximum atomic E-state index is 12.9. The number of benzene rings is 1. The van der Waals surface area contributed by atoms with E-state index in [1.807, 2.05) is 0 Å². The van der Waals surface area contributed by atoms with Crippen LogP contribution in [0.4, 0.5) is 4.39 Å². The summed E-state index contributed by atoms with van der Waals surface area (Å²) in [5.41, 5.74) is 0.0978. The van der Waals surface area contributed by atoms with Gasteiger partial charge in [0, 0.05) is 12.1 Å². The SMILES string of the molecule is Cc1cc(F)ccc1C(=O)NCC1(C(=O)O)CCC1. The molecule has 0 saturated heterocycles. The van der Waals surface area contributed by atoms with E-state index in [-0.39, 0.29) is 12.5 Å². The highest BCUT2D eigenvalue weighted by molar-refractivity contribution is 5.96. The molecule has 0 unspecified atom stereocenters. The van der Waals surface area contributed by atoms with Gasteiger partial charge in [0.1, 0.15) is 5.82 Å². The third-order valence-electron chi connectivity index (χ3n) is 3.78. The van der Waals surface area contributed by atoms with Crippen LogP contribution in [-0.4, -0.2) is 23.5 Å². The van der Waals surface area contributed by atoms with Crippen LogP contribution in [0.25, 0.3) is 0 Å². The lowest BCUT2D eigenvalue weighted by Gasteiger charge is -2.37. The van der Waals surface area contributed by atoms with Gasteiger partial charge >= 0.3 is 5.97 Å². The van der Waals surface area contributed by atoms with Crippen molar-refractivity contribution in [3.8, 4) is 0 Å². The zero-order valence-electron chi connectivity index (χ0n) is 10.7. The van der Waals surface area contributed by atoms with Gasteiger partial charge in [-0.15, -0.1) is 0 Å². The topological polar surface area (TPSA) is 66.4 Å². The van der Waals surface area contributed by atoms with Crippen LogP contribution < -0.4 is 5.32 Å². The summed E-state index contributed by atoms with van der Waals surface area (Å²) in [6, 6.07) is 3.91. The first kappa shape index (κ1) is 13.5. The average Bonchev–Trinajstić information content (AvgIpc) is 2.26. The van der Waals surface area contributed by atoms with Crippen molar-refractivity contribution in [3.63, 3.8) is 0 Å². The Morgan fingerprint density at radius 3 is 2.58 bits per heavy atom. The van der Waals surface area contributed by atoms with Crippen molar-refractivity contribution in [2.24, 2.45) is 5.41 Å². The molecule has 1 amide bonds. The number of rotatable bonds is 4. The van der Waals surface area contributed by atoms with Gasteiger partial charge in [0.05, 0.1) is 5.41 Å². The van der Waals surface area contributed by atoms with Gasteiger partial charge in [0.25, 0.3) is 5.91 Å². The van der Waals surface area contributed by atoms with E-state index in [0.29, 0.717) is 24.0 Å². The zero-order valence-corrected chi connectivity index (χ0v) is 10.7. The van der Waals surface area contributed by atoms with Gasteiger partial charge in [-0.05, 0) is 43.5 Å². The van der Waals surface area contributed by atoms with Crippen molar-refractivity contribution in [2.45, 2.75) is 26.2 Å². The molecule has 4 nitrogen and oxygen atoms in total. The Bertz CT molecular complexity index is 523. The quantitative estimate of drug-likeness (QED) is 0.876. The Labute approximate surface area is 110 Å². The van der Waals surface area contributed by atoms with E-state index in [1.165, 1.54) is 18.2 Å². The Morgan fingerprint density at radius 2 is 2.11 bits per heavy atom. The van der Waals surface area contributed by atoms with E-state index >= 15 is 0 Å². The van der Waals surface area contributed by atoms with Gasteiger partial charge in [-0.25, -0.2) is 4.39 Å². The minimum atomic E-state index is -0.866. The Morgan fingerprint density at radius 1 is 1.42 bits per heavy atom. The summed E-state index contributed by atoms with van der Waals surface area (Å²) in [7, 11) is 0. The summed E-state index contributed by atoms with van der Waals surface area (Å²) >= 11 is 0. The number of halogens is 1. The smallest absolute Gasteiger partial charge is 0.311 e. The maximum absolute atomic E-state index is 12.9. The number of carbonyl (C=O) groups excluding carboxylic acids is 1. The largest absolute Gasteiger partial charge is 0.481 e. The normalized spacial score (nSPS) is 16.5. The van der Waals surface area contributed by atoms with Crippen LogP contribution in [0.3, 0.4) is 0 Å². The Kier molecular flexibility index (Phi) is 3.55. The first-order chi connectivity index (χ1) is 8.94. The van der Waals surface area contributed by atoms with Crippen molar-refractivity contribution >= 4 is 11.9 Å². The molecule has 19 heavy (non-hydrogen) atoms. The summed E-state index contributed by atoms with van der Waals surface area (Å²) < 4.78 is 12.9. The van der Waals surface area contributed by atoms with E-state index in [9.17, 15) is 14.0 Å². The summed E-state index contributed by atoms with van der Waals surface area (Å²) in [4.78, 5) is 23.1. The molecular formula is C14H16FNO3. The highest BCUT2D eigenvalue weighted by atomic mass is 19.1. The molecule has 5 heteroatoms. The van der Waals surface area contributed by atoms with Crippen LogP contribution in [-0.2, 0) is 4.79 Å². The first-order valence-corrected chi connectivity index (χ1v) is 6.22. The fourth-order valence-corrected chi connectivity index (χ4v) is 2.30. The van der Waals surface area contributed by atoms with Crippen LogP contribution in [0.1, 0.15) is 35.2 Å². The van der Waals surface area contributed by atoms with Crippen molar-refractivity contribution in [1.82, 2.24) is 5.32 Å². The number of hydrogen-bond donors (Lipinski definition) is 2. The second kappa shape index (κ2) is 4.99. The minimum absolute atomic E-state index is 0.123. The van der Waals surface area contributed by atoms with E-state index in [4.69, 9.17) is 5.11 Å². The zero-order chi connectivity index (χ0) is 14.0. The lowest BCUT2D eigenvalue weighted by molar-refractivity contribution is -0.153. The van der Waals surface area contributed by atoms with Crippen molar-refractivity contribution in [1.29, 1.82) is 0 Å². The molecule has 2 N–H and O–H groups in total. The molecule has 1 saturated carbocycles. The number of aryl methyl sites for hydroxylation is 1. The number of aliphatic carboxylic acids is 1. The van der Waals surface area contributed by atoms with Crippen molar-refractivity contribution in [2.75, 3.05) is 6.54 Å². The van der Waals surface area contributed by atoms with Gasteiger partial charge in [0.15, 0.2) is 0 Å². The number of carboxylic acid groups (broad SMARTS) is 1. The van der Waals surface area contributed by atoms with Gasteiger partial charge in [-0.3, -0.25) is 9.59 Å². The second-order valence-corrected chi connectivity index (χ2v) is 5.08. The lowest BCUT2D eigenvalue weighted by atomic mass is 9.69. The fraction of sp³-hybridized carbons (Fsp3) is 0.429. The molecule has 1 aromatic carbocycles. The Balaban J connectivity index is 2.03. The highest BCUT2D eigenvalue weighted by Crippen LogP contribution is 2.40. The van der Waals surface area contributed by atoms with Crippen LogP contribution in [0.15, 0.2) is 18.2 Å². The number of hydrogen-bond acceptors (Lipinski definition) is 2. The molecule has 0 radical (unpaired) electrons. The van der Waals surface area contributed by atoms with Gasteiger partial charge in [-0.2, -0.15) is 0 Å². The standard InChI is InChI=1S/C14H16FNO3/c1-9-7-10(15)3-4-11(9)12(17)16-8-14(13(18)19)5-2-6-14/h3-4,7H,2,5-6,8H2,1H3,(H,16,17)(H,18,19).